The Labute approximate surface area is 121 Å². The van der Waals surface area contributed by atoms with Gasteiger partial charge in [0.05, 0.1) is 0 Å². The topological polar surface area (TPSA) is 88.0 Å². The van der Waals surface area contributed by atoms with E-state index in [0.717, 1.165) is 17.7 Å². The first-order chi connectivity index (χ1) is 9.94. The maximum atomic E-state index is 12.0. The Kier molecular flexibility index (Phi) is 3.16. The minimum absolute atomic E-state index is 0.0774. The van der Waals surface area contributed by atoms with Gasteiger partial charge in [-0.1, -0.05) is 31.1 Å². The highest BCUT2D eigenvalue weighted by Gasteiger charge is 2.50. The molecule has 0 radical (unpaired) electrons. The van der Waals surface area contributed by atoms with Crippen molar-refractivity contribution in [1.29, 1.82) is 0 Å². The smallest absolute Gasteiger partial charge is 0.326 e. The Morgan fingerprint density at radius 1 is 1.43 bits per heavy atom. The Morgan fingerprint density at radius 3 is 2.62 bits per heavy atom. The molecule has 1 aromatic heterocycles. The van der Waals surface area contributed by atoms with Crippen LogP contribution in [-0.2, 0) is 11.2 Å². The van der Waals surface area contributed by atoms with Crippen molar-refractivity contribution in [2.75, 3.05) is 5.32 Å². The van der Waals surface area contributed by atoms with Crippen LogP contribution < -0.4 is 11.1 Å². The van der Waals surface area contributed by atoms with E-state index < -0.39 is 5.76 Å². The van der Waals surface area contributed by atoms with E-state index in [-0.39, 0.29) is 17.2 Å². The first-order valence-corrected chi connectivity index (χ1v) is 6.89. The fourth-order valence-corrected chi connectivity index (χ4v) is 2.38. The van der Waals surface area contributed by atoms with E-state index in [1.807, 2.05) is 24.3 Å². The molecule has 1 aliphatic rings. The first-order valence-electron chi connectivity index (χ1n) is 6.89. The number of hydrogen-bond acceptors (Lipinski definition) is 4. The minimum Gasteiger partial charge on any atom is -0.326 e. The molecule has 0 spiro atoms. The Hall–Kier alpha value is -2.37. The van der Waals surface area contributed by atoms with Crippen molar-refractivity contribution in [3.8, 4) is 0 Å². The summed E-state index contributed by atoms with van der Waals surface area (Å²) < 4.78 is 4.45. The molecule has 0 aliphatic heterocycles. The highest BCUT2D eigenvalue weighted by Crippen LogP contribution is 2.51. The molecular formula is C15H17N3O3. The van der Waals surface area contributed by atoms with Gasteiger partial charge in [0.1, 0.15) is 0 Å². The molecule has 1 amide bonds. The number of benzene rings is 1. The lowest BCUT2D eigenvalue weighted by Crippen LogP contribution is -2.16. The van der Waals surface area contributed by atoms with Crippen molar-refractivity contribution in [2.45, 2.75) is 26.7 Å². The summed E-state index contributed by atoms with van der Waals surface area (Å²) in [6.07, 6.45) is 1.42. The lowest BCUT2D eigenvalue weighted by molar-refractivity contribution is -0.118. The van der Waals surface area contributed by atoms with Gasteiger partial charge in [0.25, 0.3) is 0 Å². The second-order valence-electron chi connectivity index (χ2n) is 6.15. The summed E-state index contributed by atoms with van der Waals surface area (Å²) in [5.41, 5.74) is 1.88. The average molecular weight is 287 g/mol. The van der Waals surface area contributed by atoms with Gasteiger partial charge in [-0.05, 0) is 29.5 Å². The standard InChI is InChI=1S/C15H17N3O3/c1-15(2)8-11(15)13(19)16-10-5-3-9(4-6-10)7-12-17-14(20)21-18-12/h3-6,11H,7-8H2,1-2H3,(H,16,19)(H,17,18,20)/t11-/m1/s1. The Morgan fingerprint density at radius 2 is 2.10 bits per heavy atom. The number of aromatic amines is 1. The van der Waals surface area contributed by atoms with Gasteiger partial charge in [0.15, 0.2) is 5.82 Å². The van der Waals surface area contributed by atoms with Crippen LogP contribution in [0.3, 0.4) is 0 Å². The maximum absolute atomic E-state index is 12.0. The molecule has 1 saturated carbocycles. The zero-order valence-electron chi connectivity index (χ0n) is 12.0. The molecule has 110 valence electrons. The molecule has 1 fully saturated rings. The van der Waals surface area contributed by atoms with Crippen molar-refractivity contribution in [3.63, 3.8) is 0 Å². The van der Waals surface area contributed by atoms with Crippen LogP contribution in [-0.4, -0.2) is 16.0 Å². The first kappa shape index (κ1) is 13.6. The molecule has 0 bridgehead atoms. The molecule has 0 saturated heterocycles. The van der Waals surface area contributed by atoms with Crippen LogP contribution >= 0.6 is 0 Å². The SMILES string of the molecule is CC1(C)C[C@@H]1C(=O)Nc1ccc(Cc2noc(=O)[nH]2)cc1. The third kappa shape index (κ3) is 3.04. The van der Waals surface area contributed by atoms with E-state index in [1.54, 1.807) is 0 Å². The van der Waals surface area contributed by atoms with Gasteiger partial charge in [0.2, 0.25) is 5.91 Å². The number of nitrogens with zero attached hydrogens (tertiary/aromatic N) is 1. The number of nitrogens with one attached hydrogen (secondary N) is 2. The van der Waals surface area contributed by atoms with Crippen LogP contribution in [0.2, 0.25) is 0 Å². The second kappa shape index (κ2) is 4.87. The molecular weight excluding hydrogens is 270 g/mol. The maximum Gasteiger partial charge on any atom is 0.438 e. The lowest BCUT2D eigenvalue weighted by atomic mass is 10.1. The Bertz CT molecular complexity index is 712. The molecule has 2 aromatic rings. The molecule has 3 rings (SSSR count). The van der Waals surface area contributed by atoms with Crippen molar-refractivity contribution in [2.24, 2.45) is 11.3 Å². The lowest BCUT2D eigenvalue weighted by Gasteiger charge is -2.07. The van der Waals surface area contributed by atoms with Crippen molar-refractivity contribution >= 4 is 11.6 Å². The van der Waals surface area contributed by atoms with E-state index in [1.165, 1.54) is 0 Å². The van der Waals surface area contributed by atoms with Crippen LogP contribution in [0.5, 0.6) is 0 Å². The van der Waals surface area contributed by atoms with Crippen molar-refractivity contribution < 1.29 is 9.32 Å². The number of amides is 1. The molecule has 1 atom stereocenters. The number of aromatic nitrogens is 2. The van der Waals surface area contributed by atoms with Gasteiger partial charge < -0.3 is 5.32 Å². The van der Waals surface area contributed by atoms with Gasteiger partial charge in [-0.15, -0.1) is 0 Å². The third-order valence-electron chi connectivity index (χ3n) is 3.91. The number of carbonyl (C=O) groups excluding carboxylic acids is 1. The fourth-order valence-electron chi connectivity index (χ4n) is 2.38. The number of hydrogen-bond donors (Lipinski definition) is 2. The molecule has 6 nitrogen and oxygen atoms in total. The molecule has 6 heteroatoms. The van der Waals surface area contributed by atoms with Crippen molar-refractivity contribution in [1.82, 2.24) is 10.1 Å². The van der Waals surface area contributed by atoms with Crippen molar-refractivity contribution in [3.05, 3.63) is 46.2 Å². The van der Waals surface area contributed by atoms with E-state index in [2.05, 4.69) is 33.8 Å². The quantitative estimate of drug-likeness (QED) is 0.899. The van der Waals surface area contributed by atoms with Gasteiger partial charge in [0, 0.05) is 18.0 Å². The van der Waals surface area contributed by atoms with E-state index >= 15 is 0 Å². The largest absolute Gasteiger partial charge is 0.438 e. The fraction of sp³-hybridized carbons (Fsp3) is 0.400. The molecule has 1 heterocycles. The minimum atomic E-state index is -0.555. The summed E-state index contributed by atoms with van der Waals surface area (Å²) >= 11 is 0. The number of anilines is 1. The average Bonchev–Trinajstić information content (AvgIpc) is 2.88. The van der Waals surface area contributed by atoms with E-state index in [4.69, 9.17) is 0 Å². The second-order valence-corrected chi connectivity index (χ2v) is 6.15. The van der Waals surface area contributed by atoms with Gasteiger partial charge in [-0.2, -0.15) is 0 Å². The summed E-state index contributed by atoms with van der Waals surface area (Å²) in [6, 6.07) is 7.48. The molecule has 1 aromatic carbocycles. The van der Waals surface area contributed by atoms with Gasteiger partial charge >= 0.3 is 5.76 Å². The summed E-state index contributed by atoms with van der Waals surface area (Å²) in [6.45, 7) is 4.19. The monoisotopic (exact) mass is 287 g/mol. The summed E-state index contributed by atoms with van der Waals surface area (Å²) in [4.78, 5) is 25.3. The van der Waals surface area contributed by atoms with E-state index in [0.29, 0.717) is 12.2 Å². The van der Waals surface area contributed by atoms with Gasteiger partial charge in [-0.3, -0.25) is 14.3 Å². The molecule has 2 N–H and O–H groups in total. The van der Waals surface area contributed by atoms with Crippen LogP contribution in [0.25, 0.3) is 0 Å². The summed E-state index contributed by atoms with van der Waals surface area (Å²) in [5, 5.41) is 6.54. The van der Waals surface area contributed by atoms with Gasteiger partial charge in [-0.25, -0.2) is 4.79 Å². The number of carbonyl (C=O) groups is 1. The normalized spacial score (nSPS) is 19.2. The van der Waals surface area contributed by atoms with Crippen LogP contribution in [0, 0.1) is 11.3 Å². The predicted octanol–water partition coefficient (Wildman–Crippen LogP) is 1.94. The zero-order valence-corrected chi connectivity index (χ0v) is 12.0. The third-order valence-corrected chi connectivity index (χ3v) is 3.91. The van der Waals surface area contributed by atoms with Crippen LogP contribution in [0.15, 0.2) is 33.6 Å². The van der Waals surface area contributed by atoms with Crippen LogP contribution in [0.1, 0.15) is 31.7 Å². The molecule has 21 heavy (non-hydrogen) atoms. The zero-order chi connectivity index (χ0) is 15.0. The molecule has 1 aliphatic carbocycles. The summed E-state index contributed by atoms with van der Waals surface area (Å²) in [5.74, 6) is 0.114. The number of H-pyrrole nitrogens is 1. The highest BCUT2D eigenvalue weighted by molar-refractivity contribution is 5.94. The Balaban J connectivity index is 1.61. The van der Waals surface area contributed by atoms with E-state index in [9.17, 15) is 9.59 Å². The predicted molar refractivity (Wildman–Crippen MR) is 76.9 cm³/mol. The molecule has 0 unspecified atom stereocenters. The summed E-state index contributed by atoms with van der Waals surface area (Å²) in [7, 11) is 0. The highest BCUT2D eigenvalue weighted by atomic mass is 16.5. The number of rotatable bonds is 4. The van der Waals surface area contributed by atoms with Crippen LogP contribution in [0.4, 0.5) is 5.69 Å².